The van der Waals surface area contributed by atoms with Gasteiger partial charge in [-0.05, 0) is 37.6 Å². The standard InChI is InChI=1S/C21H18ClN3O2S/c1-12-19-18(16-8-3-4-9-17(16)28-19)21(27)25(24-12)13(2)20(26)23-11-14-6-5-7-15(22)10-14/h3-10,13H,11H2,1-2H3,(H,23,26)/t13-/m1/s1. The Hall–Kier alpha value is -2.70. The highest BCUT2D eigenvalue weighted by Crippen LogP contribution is 2.32. The summed E-state index contributed by atoms with van der Waals surface area (Å²) in [7, 11) is 0. The average Bonchev–Trinajstić information content (AvgIpc) is 3.09. The number of amides is 1. The number of nitrogens with zero attached hydrogens (tertiary/aromatic N) is 2. The van der Waals surface area contributed by atoms with Crippen LogP contribution in [0.15, 0.2) is 53.3 Å². The van der Waals surface area contributed by atoms with Gasteiger partial charge in [-0.15, -0.1) is 11.3 Å². The SMILES string of the molecule is Cc1nn([C@H](C)C(=O)NCc2cccc(Cl)c2)c(=O)c2c1sc1ccccc12. The summed E-state index contributed by atoms with van der Waals surface area (Å²) >= 11 is 7.53. The van der Waals surface area contributed by atoms with Crippen LogP contribution in [0, 0.1) is 6.92 Å². The predicted molar refractivity (Wildman–Crippen MR) is 114 cm³/mol. The molecule has 0 spiro atoms. The molecular formula is C21H18ClN3O2S. The van der Waals surface area contributed by atoms with Gasteiger partial charge >= 0.3 is 0 Å². The Kier molecular flexibility index (Phi) is 4.91. The van der Waals surface area contributed by atoms with Crippen molar-refractivity contribution in [3.05, 3.63) is 75.2 Å². The number of aromatic nitrogens is 2. The Balaban J connectivity index is 1.68. The third kappa shape index (κ3) is 3.30. The van der Waals surface area contributed by atoms with Crippen molar-refractivity contribution in [2.75, 3.05) is 0 Å². The van der Waals surface area contributed by atoms with Gasteiger partial charge in [-0.1, -0.05) is 41.9 Å². The van der Waals surface area contributed by atoms with Crippen molar-refractivity contribution in [2.24, 2.45) is 0 Å². The number of nitrogens with one attached hydrogen (secondary N) is 1. The van der Waals surface area contributed by atoms with Crippen molar-refractivity contribution >= 4 is 49.0 Å². The molecule has 7 heteroatoms. The smallest absolute Gasteiger partial charge is 0.276 e. The van der Waals surface area contributed by atoms with Crippen LogP contribution < -0.4 is 10.9 Å². The molecule has 0 aliphatic heterocycles. The van der Waals surface area contributed by atoms with E-state index in [0.717, 1.165) is 26.0 Å². The second-order valence-corrected chi connectivity index (χ2v) is 8.15. The Morgan fingerprint density at radius 2 is 2.04 bits per heavy atom. The zero-order valence-corrected chi connectivity index (χ0v) is 17.0. The molecule has 0 radical (unpaired) electrons. The average molecular weight is 412 g/mol. The molecule has 2 aromatic heterocycles. The first kappa shape index (κ1) is 18.7. The summed E-state index contributed by atoms with van der Waals surface area (Å²) in [4.78, 5) is 25.8. The van der Waals surface area contributed by atoms with Crippen LogP contribution >= 0.6 is 22.9 Å². The van der Waals surface area contributed by atoms with Gasteiger partial charge in [0.05, 0.1) is 15.8 Å². The molecule has 0 saturated carbocycles. The van der Waals surface area contributed by atoms with Crippen LogP contribution in [0.25, 0.3) is 20.2 Å². The molecule has 142 valence electrons. The lowest BCUT2D eigenvalue weighted by Crippen LogP contribution is -2.37. The molecule has 0 aliphatic rings. The highest BCUT2D eigenvalue weighted by Gasteiger charge is 2.21. The summed E-state index contributed by atoms with van der Waals surface area (Å²) in [5.41, 5.74) is 1.39. The molecule has 1 N–H and O–H groups in total. The summed E-state index contributed by atoms with van der Waals surface area (Å²) in [5.74, 6) is -0.270. The van der Waals surface area contributed by atoms with Gasteiger partial charge in [0.25, 0.3) is 5.56 Å². The fraction of sp³-hybridized carbons (Fsp3) is 0.190. The first-order valence-electron chi connectivity index (χ1n) is 8.88. The number of hydrogen-bond acceptors (Lipinski definition) is 4. The zero-order chi connectivity index (χ0) is 19.8. The molecule has 0 unspecified atom stereocenters. The van der Waals surface area contributed by atoms with Gasteiger partial charge in [0, 0.05) is 21.7 Å². The molecule has 2 aromatic carbocycles. The molecular weight excluding hydrogens is 394 g/mol. The molecule has 28 heavy (non-hydrogen) atoms. The number of thiophene rings is 1. The van der Waals surface area contributed by atoms with Crippen LogP contribution in [-0.4, -0.2) is 15.7 Å². The molecule has 0 aliphatic carbocycles. The molecule has 1 amide bonds. The number of aryl methyl sites for hydroxylation is 1. The van der Waals surface area contributed by atoms with Crippen LogP contribution in [-0.2, 0) is 11.3 Å². The maximum atomic E-state index is 13.1. The number of hydrogen-bond donors (Lipinski definition) is 1. The van der Waals surface area contributed by atoms with Crippen LogP contribution in [0.4, 0.5) is 0 Å². The summed E-state index contributed by atoms with van der Waals surface area (Å²) in [5, 5.41) is 9.42. The molecule has 5 nitrogen and oxygen atoms in total. The van der Waals surface area contributed by atoms with E-state index in [1.165, 1.54) is 4.68 Å². The molecule has 0 bridgehead atoms. The van der Waals surface area contributed by atoms with Gasteiger partial charge < -0.3 is 5.32 Å². The van der Waals surface area contributed by atoms with Crippen LogP contribution in [0.2, 0.25) is 5.02 Å². The van der Waals surface area contributed by atoms with Crippen molar-refractivity contribution in [1.82, 2.24) is 15.1 Å². The molecule has 4 rings (SSSR count). The normalized spacial score (nSPS) is 12.4. The number of rotatable bonds is 4. The van der Waals surface area contributed by atoms with Gasteiger partial charge in [0.1, 0.15) is 6.04 Å². The summed E-state index contributed by atoms with van der Waals surface area (Å²) in [6.45, 7) is 3.88. The van der Waals surface area contributed by atoms with Gasteiger partial charge in [0.15, 0.2) is 0 Å². The second kappa shape index (κ2) is 7.37. The number of carbonyl (C=O) groups is 1. The van der Waals surface area contributed by atoms with E-state index in [1.807, 2.05) is 43.3 Å². The van der Waals surface area contributed by atoms with E-state index in [4.69, 9.17) is 11.6 Å². The first-order valence-corrected chi connectivity index (χ1v) is 10.1. The lowest BCUT2D eigenvalue weighted by Gasteiger charge is -2.15. The monoisotopic (exact) mass is 411 g/mol. The molecule has 4 aromatic rings. The lowest BCUT2D eigenvalue weighted by molar-refractivity contribution is -0.124. The maximum Gasteiger partial charge on any atom is 0.276 e. The van der Waals surface area contributed by atoms with Crippen LogP contribution in [0.3, 0.4) is 0 Å². The number of halogens is 1. The van der Waals surface area contributed by atoms with Crippen molar-refractivity contribution in [3.63, 3.8) is 0 Å². The largest absolute Gasteiger partial charge is 0.350 e. The molecule has 1 atom stereocenters. The minimum Gasteiger partial charge on any atom is -0.350 e. The van der Waals surface area contributed by atoms with E-state index in [2.05, 4.69) is 10.4 Å². The number of benzene rings is 2. The third-order valence-electron chi connectivity index (χ3n) is 4.71. The molecule has 0 saturated heterocycles. The van der Waals surface area contributed by atoms with E-state index in [9.17, 15) is 9.59 Å². The number of fused-ring (bicyclic) bond motifs is 3. The van der Waals surface area contributed by atoms with Crippen molar-refractivity contribution in [2.45, 2.75) is 26.4 Å². The van der Waals surface area contributed by atoms with E-state index < -0.39 is 6.04 Å². The van der Waals surface area contributed by atoms with Crippen molar-refractivity contribution < 1.29 is 4.79 Å². The summed E-state index contributed by atoms with van der Waals surface area (Å²) in [6.07, 6.45) is 0. The molecule has 2 heterocycles. The maximum absolute atomic E-state index is 13.1. The third-order valence-corrected chi connectivity index (χ3v) is 6.22. The minimum absolute atomic E-state index is 0.247. The summed E-state index contributed by atoms with van der Waals surface area (Å²) in [6, 6.07) is 14.3. The van der Waals surface area contributed by atoms with E-state index in [-0.39, 0.29) is 11.5 Å². The van der Waals surface area contributed by atoms with Crippen molar-refractivity contribution in [3.8, 4) is 0 Å². The Morgan fingerprint density at radius 1 is 1.25 bits per heavy atom. The van der Waals surface area contributed by atoms with E-state index in [1.54, 1.807) is 30.4 Å². The zero-order valence-electron chi connectivity index (χ0n) is 15.4. The lowest BCUT2D eigenvalue weighted by atomic mass is 10.2. The summed E-state index contributed by atoms with van der Waals surface area (Å²) < 4.78 is 3.19. The highest BCUT2D eigenvalue weighted by molar-refractivity contribution is 7.26. The van der Waals surface area contributed by atoms with Gasteiger partial charge in [-0.25, -0.2) is 4.68 Å². The van der Waals surface area contributed by atoms with E-state index >= 15 is 0 Å². The van der Waals surface area contributed by atoms with Crippen LogP contribution in [0.1, 0.15) is 24.2 Å². The Bertz CT molecular complexity index is 1260. The fourth-order valence-corrected chi connectivity index (χ4v) is 4.58. The van der Waals surface area contributed by atoms with Gasteiger partial charge in [0.2, 0.25) is 5.91 Å². The predicted octanol–water partition coefficient (Wildman–Crippen LogP) is 4.45. The van der Waals surface area contributed by atoms with Crippen LogP contribution in [0.5, 0.6) is 0 Å². The fourth-order valence-electron chi connectivity index (χ4n) is 3.24. The quantitative estimate of drug-likeness (QED) is 0.539. The number of carbonyl (C=O) groups excluding carboxylic acids is 1. The van der Waals surface area contributed by atoms with Gasteiger partial charge in [-0.3, -0.25) is 9.59 Å². The Morgan fingerprint density at radius 3 is 2.82 bits per heavy atom. The van der Waals surface area contributed by atoms with Crippen molar-refractivity contribution in [1.29, 1.82) is 0 Å². The Labute approximate surface area is 170 Å². The minimum atomic E-state index is -0.728. The first-order chi connectivity index (χ1) is 13.5. The topological polar surface area (TPSA) is 64.0 Å². The highest BCUT2D eigenvalue weighted by atomic mass is 35.5. The van der Waals surface area contributed by atoms with Gasteiger partial charge in [-0.2, -0.15) is 5.10 Å². The second-order valence-electron chi connectivity index (χ2n) is 6.66. The van der Waals surface area contributed by atoms with E-state index in [0.29, 0.717) is 17.0 Å². The molecule has 0 fully saturated rings.